The normalized spacial score (nSPS) is 10.7. The molecule has 0 spiro atoms. The zero-order chi connectivity index (χ0) is 22.5. The van der Waals surface area contributed by atoms with Crippen molar-refractivity contribution in [3.63, 3.8) is 0 Å². The number of benzene rings is 2. The van der Waals surface area contributed by atoms with Crippen molar-refractivity contribution in [3.05, 3.63) is 76.8 Å². The molecule has 2 aromatic carbocycles. The minimum Gasteiger partial charge on any atom is -0.329 e. The molecule has 1 aromatic heterocycles. The van der Waals surface area contributed by atoms with Gasteiger partial charge in [0.05, 0.1) is 23.1 Å². The Morgan fingerprint density at radius 1 is 1.10 bits per heavy atom. The number of carbonyl (C=O) groups excluding carboxylic acids is 2. The lowest BCUT2D eigenvalue weighted by Gasteiger charge is -2.21. The summed E-state index contributed by atoms with van der Waals surface area (Å²) in [6.45, 7) is 1.67. The van der Waals surface area contributed by atoms with E-state index in [0.717, 1.165) is 6.07 Å². The lowest BCUT2D eigenvalue weighted by atomic mass is 10.2. The number of nitrogens with one attached hydrogen (secondary N) is 1. The van der Waals surface area contributed by atoms with Gasteiger partial charge in [-0.25, -0.2) is 17.9 Å². The van der Waals surface area contributed by atoms with Gasteiger partial charge in [-0.05, 0) is 42.8 Å². The van der Waals surface area contributed by atoms with Crippen molar-refractivity contribution in [2.24, 2.45) is 0 Å². The lowest BCUT2D eigenvalue weighted by molar-refractivity contribution is -0.116. The highest BCUT2D eigenvalue weighted by Gasteiger charge is 2.21. The maximum atomic E-state index is 13.8. The summed E-state index contributed by atoms with van der Waals surface area (Å²) >= 11 is 5.87. The predicted molar refractivity (Wildman–Crippen MR) is 110 cm³/mol. The van der Waals surface area contributed by atoms with Crippen LogP contribution in [0.5, 0.6) is 0 Å². The molecule has 2 amide bonds. The Bertz CT molecular complexity index is 1100. The average molecular weight is 451 g/mol. The van der Waals surface area contributed by atoms with Crippen LogP contribution in [0.25, 0.3) is 5.69 Å². The second-order valence-electron chi connectivity index (χ2n) is 6.65. The SMILES string of the molecule is CCCN(CC(=O)Nc1ccc(F)c(F)c1F)C(=O)c1cnn(-c2ccc(Cl)cc2)c1. The van der Waals surface area contributed by atoms with E-state index in [4.69, 9.17) is 11.6 Å². The first-order valence-corrected chi connectivity index (χ1v) is 9.71. The Kier molecular flexibility index (Phi) is 6.96. The number of anilines is 1. The van der Waals surface area contributed by atoms with Crippen LogP contribution in [0.3, 0.4) is 0 Å². The zero-order valence-corrected chi connectivity index (χ0v) is 17.2. The van der Waals surface area contributed by atoms with Gasteiger partial charge in [0.2, 0.25) is 5.91 Å². The summed E-state index contributed by atoms with van der Waals surface area (Å²) in [5.41, 5.74) is 0.426. The van der Waals surface area contributed by atoms with E-state index in [1.807, 2.05) is 6.92 Å². The van der Waals surface area contributed by atoms with Gasteiger partial charge in [0.1, 0.15) is 6.54 Å². The third-order valence-electron chi connectivity index (χ3n) is 4.35. The molecular formula is C21H18ClF3N4O2. The van der Waals surface area contributed by atoms with Gasteiger partial charge in [-0.15, -0.1) is 0 Å². The lowest BCUT2D eigenvalue weighted by Crippen LogP contribution is -2.38. The number of amides is 2. The van der Waals surface area contributed by atoms with E-state index in [1.165, 1.54) is 22.0 Å². The second-order valence-corrected chi connectivity index (χ2v) is 7.08. The van der Waals surface area contributed by atoms with E-state index in [-0.39, 0.29) is 12.1 Å². The molecule has 0 saturated carbocycles. The number of rotatable bonds is 7. The highest BCUT2D eigenvalue weighted by molar-refractivity contribution is 6.30. The molecular weight excluding hydrogens is 433 g/mol. The fourth-order valence-corrected chi connectivity index (χ4v) is 2.98. The quantitative estimate of drug-likeness (QED) is 0.541. The van der Waals surface area contributed by atoms with Crippen molar-refractivity contribution in [2.45, 2.75) is 13.3 Å². The highest BCUT2D eigenvalue weighted by Crippen LogP contribution is 2.20. The van der Waals surface area contributed by atoms with Crippen molar-refractivity contribution in [2.75, 3.05) is 18.4 Å². The molecule has 10 heteroatoms. The summed E-state index contributed by atoms with van der Waals surface area (Å²) in [5, 5.41) is 6.88. The third-order valence-corrected chi connectivity index (χ3v) is 4.60. The molecule has 3 rings (SSSR count). The average Bonchev–Trinajstić information content (AvgIpc) is 3.24. The van der Waals surface area contributed by atoms with Gasteiger partial charge in [0.25, 0.3) is 5.91 Å². The first-order chi connectivity index (χ1) is 14.8. The summed E-state index contributed by atoms with van der Waals surface area (Å²) in [4.78, 5) is 26.5. The number of hydrogen-bond acceptors (Lipinski definition) is 3. The Morgan fingerprint density at radius 3 is 2.48 bits per heavy atom. The molecule has 0 saturated heterocycles. The number of aromatic nitrogens is 2. The molecule has 0 fully saturated rings. The standard InChI is InChI=1S/C21H18ClF3N4O2/c1-2-9-28(12-18(30)27-17-8-7-16(23)19(24)20(17)25)21(31)13-10-26-29(11-13)15-5-3-14(22)4-6-15/h3-8,10-11H,2,9,12H2,1H3,(H,27,30). The smallest absolute Gasteiger partial charge is 0.257 e. The molecule has 0 aliphatic rings. The molecule has 0 bridgehead atoms. The number of nitrogens with zero attached hydrogens (tertiary/aromatic N) is 3. The number of carbonyl (C=O) groups is 2. The van der Waals surface area contributed by atoms with Crippen LogP contribution in [0, 0.1) is 17.5 Å². The van der Waals surface area contributed by atoms with Gasteiger partial charge < -0.3 is 10.2 Å². The van der Waals surface area contributed by atoms with Crippen LogP contribution < -0.4 is 5.32 Å². The van der Waals surface area contributed by atoms with E-state index < -0.39 is 41.5 Å². The van der Waals surface area contributed by atoms with Crippen LogP contribution in [0.1, 0.15) is 23.7 Å². The van der Waals surface area contributed by atoms with E-state index in [0.29, 0.717) is 23.2 Å². The Labute approximate surface area is 181 Å². The van der Waals surface area contributed by atoms with Crippen molar-refractivity contribution >= 4 is 29.1 Å². The van der Waals surface area contributed by atoms with Crippen molar-refractivity contribution in [1.82, 2.24) is 14.7 Å². The molecule has 1 N–H and O–H groups in total. The summed E-state index contributed by atoms with van der Waals surface area (Å²) < 4.78 is 41.7. The van der Waals surface area contributed by atoms with E-state index >= 15 is 0 Å². The van der Waals surface area contributed by atoms with Gasteiger partial charge >= 0.3 is 0 Å². The fourth-order valence-electron chi connectivity index (χ4n) is 2.86. The molecule has 31 heavy (non-hydrogen) atoms. The molecule has 3 aromatic rings. The number of hydrogen-bond donors (Lipinski definition) is 1. The first-order valence-electron chi connectivity index (χ1n) is 9.33. The van der Waals surface area contributed by atoms with E-state index in [1.54, 1.807) is 24.3 Å². The molecule has 0 atom stereocenters. The molecule has 6 nitrogen and oxygen atoms in total. The van der Waals surface area contributed by atoms with Crippen LogP contribution >= 0.6 is 11.6 Å². The zero-order valence-electron chi connectivity index (χ0n) is 16.4. The van der Waals surface area contributed by atoms with Crippen molar-refractivity contribution in [3.8, 4) is 5.69 Å². The summed E-state index contributed by atoms with van der Waals surface area (Å²) in [6.07, 6.45) is 3.44. The van der Waals surface area contributed by atoms with Gasteiger partial charge in [0, 0.05) is 17.8 Å². The van der Waals surface area contributed by atoms with Crippen molar-refractivity contribution < 1.29 is 22.8 Å². The van der Waals surface area contributed by atoms with E-state index in [2.05, 4.69) is 10.4 Å². The molecule has 0 aliphatic carbocycles. The Balaban J connectivity index is 1.73. The van der Waals surface area contributed by atoms with Crippen LogP contribution in [0.15, 0.2) is 48.8 Å². The largest absolute Gasteiger partial charge is 0.329 e. The molecule has 0 aliphatic heterocycles. The van der Waals surface area contributed by atoms with Gasteiger partial charge in [-0.2, -0.15) is 5.10 Å². The van der Waals surface area contributed by atoms with Crippen LogP contribution in [0.2, 0.25) is 5.02 Å². The monoisotopic (exact) mass is 450 g/mol. The fraction of sp³-hybridized carbons (Fsp3) is 0.190. The summed E-state index contributed by atoms with van der Waals surface area (Å²) in [7, 11) is 0. The van der Waals surface area contributed by atoms with E-state index in [9.17, 15) is 22.8 Å². The van der Waals surface area contributed by atoms with Crippen LogP contribution in [-0.4, -0.2) is 39.6 Å². The first kappa shape index (κ1) is 22.4. The topological polar surface area (TPSA) is 67.2 Å². The summed E-state index contributed by atoms with van der Waals surface area (Å²) in [5.74, 6) is -5.77. The minimum absolute atomic E-state index is 0.246. The maximum Gasteiger partial charge on any atom is 0.257 e. The maximum absolute atomic E-state index is 13.8. The summed E-state index contributed by atoms with van der Waals surface area (Å²) in [6, 6.07) is 8.45. The van der Waals surface area contributed by atoms with Crippen LogP contribution in [-0.2, 0) is 4.79 Å². The molecule has 0 radical (unpaired) electrons. The molecule has 162 valence electrons. The highest BCUT2D eigenvalue weighted by atomic mass is 35.5. The third kappa shape index (κ3) is 5.24. The van der Waals surface area contributed by atoms with Gasteiger partial charge in [-0.1, -0.05) is 18.5 Å². The Morgan fingerprint density at radius 2 is 1.81 bits per heavy atom. The number of halogens is 4. The second kappa shape index (κ2) is 9.65. The predicted octanol–water partition coefficient (Wildman–Crippen LogP) is 4.43. The minimum atomic E-state index is -1.69. The van der Waals surface area contributed by atoms with Gasteiger partial charge in [0.15, 0.2) is 17.5 Å². The molecule has 1 heterocycles. The van der Waals surface area contributed by atoms with Gasteiger partial charge in [-0.3, -0.25) is 9.59 Å². The molecule has 0 unspecified atom stereocenters. The van der Waals surface area contributed by atoms with Crippen molar-refractivity contribution in [1.29, 1.82) is 0 Å². The Hall–Kier alpha value is -3.33. The van der Waals surface area contributed by atoms with Crippen LogP contribution in [0.4, 0.5) is 18.9 Å².